The molecule has 0 fully saturated rings. The molecule has 6 nitrogen and oxygen atoms in total. The summed E-state index contributed by atoms with van der Waals surface area (Å²) in [5, 5.41) is 9.79. The van der Waals surface area contributed by atoms with E-state index in [9.17, 15) is 4.79 Å². The van der Waals surface area contributed by atoms with Crippen LogP contribution in [-0.4, -0.2) is 31.0 Å². The zero-order valence-corrected chi connectivity index (χ0v) is 9.68. The highest BCUT2D eigenvalue weighted by Crippen LogP contribution is 2.20. The SMILES string of the molecule is Cc1nc(Sc2ncccn2)ncc1C(=O)O. The van der Waals surface area contributed by atoms with Crippen LogP contribution in [0.5, 0.6) is 0 Å². The third-order valence-corrected chi connectivity index (χ3v) is 2.68. The van der Waals surface area contributed by atoms with Gasteiger partial charge < -0.3 is 5.11 Å². The lowest BCUT2D eigenvalue weighted by Gasteiger charge is -2.01. The predicted molar refractivity (Wildman–Crippen MR) is 59.9 cm³/mol. The van der Waals surface area contributed by atoms with Gasteiger partial charge in [0.25, 0.3) is 0 Å². The molecular weight excluding hydrogens is 240 g/mol. The van der Waals surface area contributed by atoms with E-state index >= 15 is 0 Å². The van der Waals surface area contributed by atoms with E-state index in [-0.39, 0.29) is 5.56 Å². The van der Waals surface area contributed by atoms with Gasteiger partial charge in [0.15, 0.2) is 10.3 Å². The molecule has 0 amide bonds. The van der Waals surface area contributed by atoms with Gasteiger partial charge in [0, 0.05) is 18.6 Å². The topological polar surface area (TPSA) is 88.9 Å². The summed E-state index contributed by atoms with van der Waals surface area (Å²) >= 11 is 1.18. The van der Waals surface area contributed by atoms with Crippen LogP contribution in [0.2, 0.25) is 0 Å². The summed E-state index contributed by atoms with van der Waals surface area (Å²) in [7, 11) is 0. The first-order chi connectivity index (χ1) is 8.16. The van der Waals surface area contributed by atoms with Gasteiger partial charge in [-0.15, -0.1) is 0 Å². The minimum absolute atomic E-state index is 0.100. The summed E-state index contributed by atoms with van der Waals surface area (Å²) < 4.78 is 0. The van der Waals surface area contributed by atoms with E-state index in [4.69, 9.17) is 5.11 Å². The van der Waals surface area contributed by atoms with E-state index in [1.54, 1.807) is 25.4 Å². The van der Waals surface area contributed by atoms with Crippen LogP contribution in [0.1, 0.15) is 16.1 Å². The largest absolute Gasteiger partial charge is 0.478 e. The number of hydrogen-bond acceptors (Lipinski definition) is 6. The minimum Gasteiger partial charge on any atom is -0.478 e. The molecule has 2 aromatic rings. The molecule has 0 bridgehead atoms. The van der Waals surface area contributed by atoms with Crippen LogP contribution < -0.4 is 0 Å². The molecule has 0 saturated heterocycles. The van der Waals surface area contributed by atoms with Gasteiger partial charge in [0.2, 0.25) is 0 Å². The van der Waals surface area contributed by atoms with E-state index < -0.39 is 5.97 Å². The van der Waals surface area contributed by atoms with Crippen molar-refractivity contribution in [2.45, 2.75) is 17.2 Å². The highest BCUT2D eigenvalue weighted by Gasteiger charge is 2.11. The van der Waals surface area contributed by atoms with Crippen molar-refractivity contribution >= 4 is 17.7 Å². The number of aromatic carboxylic acids is 1. The van der Waals surface area contributed by atoms with Gasteiger partial charge in [-0.05, 0) is 24.8 Å². The molecule has 0 aliphatic heterocycles. The monoisotopic (exact) mass is 248 g/mol. The van der Waals surface area contributed by atoms with Crippen molar-refractivity contribution in [3.63, 3.8) is 0 Å². The second-order valence-corrected chi connectivity index (χ2v) is 4.02. The number of carbonyl (C=O) groups is 1. The van der Waals surface area contributed by atoms with Crippen molar-refractivity contribution in [3.05, 3.63) is 35.9 Å². The predicted octanol–water partition coefficient (Wildman–Crippen LogP) is 1.42. The van der Waals surface area contributed by atoms with Crippen LogP contribution in [-0.2, 0) is 0 Å². The van der Waals surface area contributed by atoms with E-state index in [2.05, 4.69) is 19.9 Å². The van der Waals surface area contributed by atoms with Crippen LogP contribution in [0, 0.1) is 6.92 Å². The molecule has 2 rings (SSSR count). The normalized spacial score (nSPS) is 10.2. The first-order valence-electron chi connectivity index (χ1n) is 4.68. The third kappa shape index (κ3) is 2.76. The molecule has 86 valence electrons. The standard InChI is InChI=1S/C10H8N4O2S/c1-6-7(8(15)16)5-13-10(14-6)17-9-11-3-2-4-12-9/h2-5H,1H3,(H,15,16). The Labute approximate surface area is 101 Å². The Bertz CT molecular complexity index is 547. The van der Waals surface area contributed by atoms with E-state index in [1.165, 1.54) is 18.0 Å². The molecule has 2 heterocycles. The highest BCUT2D eigenvalue weighted by molar-refractivity contribution is 7.99. The first kappa shape index (κ1) is 11.5. The van der Waals surface area contributed by atoms with Crippen molar-refractivity contribution in [2.75, 3.05) is 0 Å². The average molecular weight is 248 g/mol. The van der Waals surface area contributed by atoms with Crippen LogP contribution in [0.15, 0.2) is 35.0 Å². The van der Waals surface area contributed by atoms with Gasteiger partial charge in [0.1, 0.15) is 0 Å². The molecule has 7 heteroatoms. The maximum Gasteiger partial charge on any atom is 0.339 e. The molecule has 0 atom stereocenters. The lowest BCUT2D eigenvalue weighted by molar-refractivity contribution is 0.0695. The molecule has 0 saturated carbocycles. The van der Waals surface area contributed by atoms with Crippen molar-refractivity contribution in [2.24, 2.45) is 0 Å². The van der Waals surface area contributed by atoms with Gasteiger partial charge in [0.05, 0.1) is 11.3 Å². The first-order valence-corrected chi connectivity index (χ1v) is 5.50. The van der Waals surface area contributed by atoms with Gasteiger partial charge >= 0.3 is 5.97 Å². The molecule has 0 aliphatic rings. The number of carboxylic acid groups (broad SMARTS) is 1. The van der Waals surface area contributed by atoms with E-state index in [1.807, 2.05) is 0 Å². The maximum absolute atomic E-state index is 10.8. The molecule has 2 aromatic heterocycles. The Kier molecular flexibility index (Phi) is 3.29. The zero-order valence-electron chi connectivity index (χ0n) is 8.86. The van der Waals surface area contributed by atoms with E-state index in [0.29, 0.717) is 16.0 Å². The molecular formula is C10H8N4O2S. The Hall–Kier alpha value is -2.02. The van der Waals surface area contributed by atoms with Crippen LogP contribution >= 0.6 is 11.8 Å². The summed E-state index contributed by atoms with van der Waals surface area (Å²) in [6, 6.07) is 1.71. The van der Waals surface area contributed by atoms with Gasteiger partial charge in [-0.1, -0.05) is 0 Å². The second-order valence-electron chi connectivity index (χ2n) is 3.09. The van der Waals surface area contributed by atoms with Crippen LogP contribution in [0.4, 0.5) is 0 Å². The zero-order chi connectivity index (χ0) is 12.3. The molecule has 1 N–H and O–H groups in total. The quantitative estimate of drug-likeness (QED) is 0.821. The highest BCUT2D eigenvalue weighted by atomic mass is 32.2. The Morgan fingerprint density at radius 2 is 1.94 bits per heavy atom. The molecule has 0 spiro atoms. The number of carboxylic acids is 1. The number of aryl methyl sites for hydroxylation is 1. The Morgan fingerprint density at radius 3 is 2.53 bits per heavy atom. The molecule has 17 heavy (non-hydrogen) atoms. The Morgan fingerprint density at radius 1 is 1.24 bits per heavy atom. The average Bonchev–Trinajstić information content (AvgIpc) is 2.30. The van der Waals surface area contributed by atoms with Crippen LogP contribution in [0.25, 0.3) is 0 Å². The molecule has 0 radical (unpaired) electrons. The fraction of sp³-hybridized carbons (Fsp3) is 0.100. The van der Waals surface area contributed by atoms with Crippen molar-refractivity contribution < 1.29 is 9.90 Å². The second kappa shape index (κ2) is 4.88. The fourth-order valence-electron chi connectivity index (χ4n) is 1.12. The summed E-state index contributed by atoms with van der Waals surface area (Å²) in [5.74, 6) is -1.03. The maximum atomic E-state index is 10.8. The van der Waals surface area contributed by atoms with Crippen LogP contribution in [0.3, 0.4) is 0 Å². The number of rotatable bonds is 3. The lowest BCUT2D eigenvalue weighted by Crippen LogP contribution is -2.04. The molecule has 0 aliphatic carbocycles. The molecule has 0 aromatic carbocycles. The van der Waals surface area contributed by atoms with Crippen molar-refractivity contribution in [1.29, 1.82) is 0 Å². The summed E-state index contributed by atoms with van der Waals surface area (Å²) in [5.41, 5.74) is 0.522. The van der Waals surface area contributed by atoms with Crippen molar-refractivity contribution in [3.8, 4) is 0 Å². The van der Waals surface area contributed by atoms with Crippen molar-refractivity contribution in [1.82, 2.24) is 19.9 Å². The van der Waals surface area contributed by atoms with Gasteiger partial charge in [-0.2, -0.15) is 0 Å². The smallest absolute Gasteiger partial charge is 0.339 e. The third-order valence-electron chi connectivity index (χ3n) is 1.91. The van der Waals surface area contributed by atoms with Gasteiger partial charge in [-0.3, -0.25) is 0 Å². The van der Waals surface area contributed by atoms with E-state index in [0.717, 1.165) is 0 Å². The minimum atomic E-state index is -1.03. The Balaban J connectivity index is 2.24. The lowest BCUT2D eigenvalue weighted by atomic mass is 10.2. The summed E-state index contributed by atoms with van der Waals surface area (Å²) in [6.45, 7) is 1.63. The van der Waals surface area contributed by atoms with Gasteiger partial charge in [-0.25, -0.2) is 24.7 Å². The summed E-state index contributed by atoms with van der Waals surface area (Å²) in [4.78, 5) is 26.8. The fourth-order valence-corrected chi connectivity index (χ4v) is 1.80. The number of aromatic nitrogens is 4. The molecule has 0 unspecified atom stereocenters. The summed E-state index contributed by atoms with van der Waals surface area (Å²) in [6.07, 6.45) is 4.53. The number of nitrogens with zero attached hydrogens (tertiary/aromatic N) is 4. The number of hydrogen-bond donors (Lipinski definition) is 1.